The lowest BCUT2D eigenvalue weighted by Gasteiger charge is -2.61. The summed E-state index contributed by atoms with van der Waals surface area (Å²) in [6.45, 7) is 11.2. The zero-order valence-corrected chi connectivity index (χ0v) is 22.5. The molecule has 0 heterocycles. The van der Waals surface area contributed by atoms with Crippen LogP contribution in [0, 0.1) is 40.4 Å². The summed E-state index contributed by atoms with van der Waals surface area (Å²) in [6, 6.07) is 0. The van der Waals surface area contributed by atoms with E-state index < -0.39 is 6.09 Å². The molecule has 3 N–H and O–H groups in total. The molecule has 35 heavy (non-hydrogen) atoms. The average Bonchev–Trinajstić information content (AvgIpc) is 3.19. The minimum Gasteiger partial charge on any atom is -0.395 e. The lowest BCUT2D eigenvalue weighted by atomic mass is 9.44. The summed E-state index contributed by atoms with van der Waals surface area (Å²) in [7, 11) is 0. The van der Waals surface area contributed by atoms with Gasteiger partial charge in [0.1, 0.15) is 0 Å². The smallest absolute Gasteiger partial charge is 0.395 e. The number of nitrogens with zero attached hydrogens (tertiary/aromatic N) is 2. The first-order chi connectivity index (χ1) is 16.7. The second-order valence-corrected chi connectivity index (χ2v) is 12.4. The number of nitrogens with one attached hydrogen (secondary N) is 1. The van der Waals surface area contributed by atoms with Crippen LogP contribution in [0.3, 0.4) is 0 Å². The van der Waals surface area contributed by atoms with Crippen LogP contribution >= 0.6 is 0 Å². The van der Waals surface area contributed by atoms with Crippen molar-refractivity contribution in [3.63, 3.8) is 0 Å². The number of carbonyl (C=O) groups is 1. The number of likely N-dealkylation sites (N-methyl/N-ethyl adjacent to an activating group) is 1. The summed E-state index contributed by atoms with van der Waals surface area (Å²) in [4.78, 5) is 19.5. The van der Waals surface area contributed by atoms with E-state index in [0.29, 0.717) is 36.3 Å². The van der Waals surface area contributed by atoms with Crippen molar-refractivity contribution in [3.05, 3.63) is 0 Å². The Balaban J connectivity index is 1.41. The largest absolute Gasteiger partial charge is 0.436 e. The van der Waals surface area contributed by atoms with Gasteiger partial charge in [0, 0.05) is 25.6 Å². The first-order valence-corrected chi connectivity index (χ1v) is 14.2. The molecular weight excluding hydrogens is 442 g/mol. The number of oxime groups is 1. The summed E-state index contributed by atoms with van der Waals surface area (Å²) in [5.41, 5.74) is 1.55. The van der Waals surface area contributed by atoms with Gasteiger partial charge in [0.05, 0.1) is 18.4 Å². The summed E-state index contributed by atoms with van der Waals surface area (Å²) < 4.78 is 0. The van der Waals surface area contributed by atoms with Crippen LogP contribution in [0.15, 0.2) is 5.16 Å². The Morgan fingerprint density at radius 2 is 1.80 bits per heavy atom. The van der Waals surface area contributed by atoms with Crippen molar-refractivity contribution in [2.24, 2.45) is 45.6 Å². The van der Waals surface area contributed by atoms with Crippen LogP contribution in [0.25, 0.3) is 0 Å². The molecule has 0 aromatic heterocycles. The third-order valence-electron chi connectivity index (χ3n) is 10.8. The lowest BCUT2D eigenvalue weighted by molar-refractivity contribution is -0.123. The molecule has 0 aromatic rings. The second kappa shape index (κ2) is 11.1. The molecule has 4 aliphatic carbocycles. The molecule has 7 heteroatoms. The number of carbonyl (C=O) groups excluding carboxylic acids is 1. The van der Waals surface area contributed by atoms with E-state index in [1.807, 2.05) is 13.8 Å². The van der Waals surface area contributed by atoms with E-state index in [0.717, 1.165) is 43.4 Å². The maximum Gasteiger partial charge on any atom is 0.436 e. The van der Waals surface area contributed by atoms with Crippen LogP contribution < -0.4 is 5.32 Å². The predicted octanol–water partition coefficient (Wildman–Crippen LogP) is 4.42. The standard InChI is InChI=1S/C28H49N3O4/c1-5-29-14-15-31(16-17-32)26(34)35-30-19(2)23-8-9-24-22-7-6-20-18-21(33)10-12-27(20,3)25(22)11-13-28(23,24)4/h20-25,29,32-33H,5-18H2,1-4H3/b30-19+/t20-,21+,22-,23+,24-,25-,27-,28+/m0/s1. The minimum atomic E-state index is -0.481. The molecule has 200 valence electrons. The monoisotopic (exact) mass is 491 g/mol. The number of hydrogen-bond donors (Lipinski definition) is 3. The van der Waals surface area contributed by atoms with E-state index in [1.54, 1.807) is 0 Å². The molecule has 0 unspecified atom stereocenters. The van der Waals surface area contributed by atoms with Crippen molar-refractivity contribution in [1.29, 1.82) is 0 Å². The van der Waals surface area contributed by atoms with Crippen molar-refractivity contribution in [3.8, 4) is 0 Å². The minimum absolute atomic E-state index is 0.0897. The van der Waals surface area contributed by atoms with Gasteiger partial charge in [-0.3, -0.25) is 4.84 Å². The summed E-state index contributed by atoms with van der Waals surface area (Å²) in [6.07, 6.45) is 10.0. The Hall–Kier alpha value is -1.18. The maximum atomic E-state index is 12.6. The van der Waals surface area contributed by atoms with Crippen molar-refractivity contribution in [2.75, 3.05) is 32.8 Å². The zero-order chi connectivity index (χ0) is 25.2. The van der Waals surface area contributed by atoms with Crippen LogP contribution in [0.4, 0.5) is 4.79 Å². The lowest BCUT2D eigenvalue weighted by Crippen LogP contribution is -2.54. The van der Waals surface area contributed by atoms with E-state index in [9.17, 15) is 15.0 Å². The molecular formula is C28H49N3O4. The topological polar surface area (TPSA) is 94.4 Å². The van der Waals surface area contributed by atoms with Crippen LogP contribution in [0.5, 0.6) is 0 Å². The van der Waals surface area contributed by atoms with Gasteiger partial charge in [-0.2, -0.15) is 0 Å². The molecule has 4 fully saturated rings. The number of aliphatic hydroxyl groups excluding tert-OH is 2. The number of amides is 1. The van der Waals surface area contributed by atoms with Gasteiger partial charge in [0.15, 0.2) is 0 Å². The van der Waals surface area contributed by atoms with E-state index in [1.165, 1.54) is 43.4 Å². The molecule has 1 amide bonds. The summed E-state index contributed by atoms with van der Waals surface area (Å²) in [5, 5.41) is 27.2. The highest BCUT2D eigenvalue weighted by Gasteiger charge is 2.60. The molecule has 0 saturated heterocycles. The van der Waals surface area contributed by atoms with Crippen molar-refractivity contribution < 1.29 is 19.8 Å². The van der Waals surface area contributed by atoms with Gasteiger partial charge >= 0.3 is 6.09 Å². The van der Waals surface area contributed by atoms with Crippen LogP contribution in [0.1, 0.15) is 85.5 Å². The van der Waals surface area contributed by atoms with Gasteiger partial charge in [0.25, 0.3) is 0 Å². The van der Waals surface area contributed by atoms with Gasteiger partial charge in [0.2, 0.25) is 0 Å². The Morgan fingerprint density at radius 3 is 2.54 bits per heavy atom. The fourth-order valence-electron chi connectivity index (χ4n) is 8.96. The SMILES string of the molecule is CCNCCN(CCO)C(=O)O/N=C(\C)[C@H]1CC[C@H]2[C@@H]3CC[C@H]4C[C@H](O)CC[C@]4(C)[C@H]3CC[C@]12C. The first kappa shape index (κ1) is 26.9. The van der Waals surface area contributed by atoms with Crippen LogP contribution in [-0.2, 0) is 4.84 Å². The molecule has 7 nitrogen and oxygen atoms in total. The third kappa shape index (κ3) is 5.15. The quantitative estimate of drug-likeness (QED) is 0.202. The highest BCUT2D eigenvalue weighted by atomic mass is 16.7. The maximum absolute atomic E-state index is 12.6. The normalized spacial score (nSPS) is 41.0. The van der Waals surface area contributed by atoms with E-state index in [2.05, 4.69) is 24.3 Å². The molecule has 4 rings (SSSR count). The number of hydrogen-bond acceptors (Lipinski definition) is 6. The van der Waals surface area contributed by atoms with Crippen molar-refractivity contribution in [2.45, 2.75) is 91.6 Å². The van der Waals surface area contributed by atoms with Gasteiger partial charge in [-0.1, -0.05) is 25.9 Å². The van der Waals surface area contributed by atoms with Gasteiger partial charge in [-0.05, 0) is 106 Å². The van der Waals surface area contributed by atoms with Crippen molar-refractivity contribution in [1.82, 2.24) is 10.2 Å². The predicted molar refractivity (Wildman–Crippen MR) is 138 cm³/mol. The highest BCUT2D eigenvalue weighted by Crippen LogP contribution is 2.67. The van der Waals surface area contributed by atoms with Gasteiger partial charge in [-0.25, -0.2) is 4.79 Å². The fraction of sp³-hybridized carbons (Fsp3) is 0.929. The van der Waals surface area contributed by atoms with Gasteiger partial charge in [-0.15, -0.1) is 0 Å². The fourth-order valence-corrected chi connectivity index (χ4v) is 8.96. The highest BCUT2D eigenvalue weighted by molar-refractivity contribution is 5.85. The Labute approximate surface area is 212 Å². The van der Waals surface area contributed by atoms with E-state index in [4.69, 9.17) is 4.84 Å². The molecule has 8 atom stereocenters. The van der Waals surface area contributed by atoms with E-state index in [-0.39, 0.29) is 24.7 Å². The average molecular weight is 492 g/mol. The summed E-state index contributed by atoms with van der Waals surface area (Å²) >= 11 is 0. The molecule has 4 aliphatic rings. The number of fused-ring (bicyclic) bond motifs is 5. The van der Waals surface area contributed by atoms with Gasteiger partial charge < -0.3 is 20.4 Å². The Morgan fingerprint density at radius 1 is 1.06 bits per heavy atom. The van der Waals surface area contributed by atoms with Crippen LogP contribution in [-0.4, -0.2) is 65.8 Å². The van der Waals surface area contributed by atoms with E-state index >= 15 is 0 Å². The number of aliphatic hydroxyl groups is 2. The first-order valence-electron chi connectivity index (χ1n) is 14.2. The zero-order valence-electron chi connectivity index (χ0n) is 22.5. The third-order valence-corrected chi connectivity index (χ3v) is 10.8. The van der Waals surface area contributed by atoms with Crippen molar-refractivity contribution >= 4 is 11.8 Å². The molecule has 0 spiro atoms. The number of rotatable bonds is 8. The Kier molecular flexibility index (Phi) is 8.49. The Bertz CT molecular complexity index is 775. The van der Waals surface area contributed by atoms with Crippen LogP contribution in [0.2, 0.25) is 0 Å². The molecule has 0 aromatic carbocycles. The molecule has 4 saturated carbocycles. The molecule has 0 aliphatic heterocycles. The molecule has 0 radical (unpaired) electrons. The molecule has 0 bridgehead atoms. The second-order valence-electron chi connectivity index (χ2n) is 12.4. The summed E-state index contributed by atoms with van der Waals surface area (Å²) in [5.74, 6) is 3.31.